The van der Waals surface area contributed by atoms with Crippen molar-refractivity contribution in [2.75, 3.05) is 26.2 Å². The molecule has 1 aliphatic rings. The van der Waals surface area contributed by atoms with Crippen LogP contribution >= 0.6 is 15.9 Å². The zero-order chi connectivity index (χ0) is 12.9. The highest BCUT2D eigenvalue weighted by Gasteiger charge is 2.36. The van der Waals surface area contributed by atoms with E-state index in [4.69, 9.17) is 4.74 Å². The average molecular weight is 306 g/mol. The summed E-state index contributed by atoms with van der Waals surface area (Å²) in [7, 11) is 0. The number of piperidine rings is 1. The third-order valence-electron chi connectivity index (χ3n) is 3.13. The Morgan fingerprint density at radius 1 is 1.29 bits per heavy atom. The van der Waals surface area contributed by atoms with Crippen molar-refractivity contribution in [2.24, 2.45) is 0 Å². The van der Waals surface area contributed by atoms with Crippen molar-refractivity contribution in [3.05, 3.63) is 0 Å². The first-order chi connectivity index (χ1) is 7.94. The SMILES string of the molecule is CC(=O)C(C)(Br)C(=O)OCCN1CCCCC1. The molecule has 1 rings (SSSR count). The molecule has 0 radical (unpaired) electrons. The van der Waals surface area contributed by atoms with E-state index < -0.39 is 10.3 Å². The van der Waals surface area contributed by atoms with Crippen LogP contribution in [-0.4, -0.2) is 47.2 Å². The Morgan fingerprint density at radius 3 is 2.41 bits per heavy atom. The molecule has 1 fully saturated rings. The smallest absolute Gasteiger partial charge is 0.330 e. The second-order valence-corrected chi connectivity index (χ2v) is 6.18. The van der Waals surface area contributed by atoms with Gasteiger partial charge in [0, 0.05) is 6.54 Å². The van der Waals surface area contributed by atoms with Gasteiger partial charge >= 0.3 is 5.97 Å². The van der Waals surface area contributed by atoms with E-state index in [0.29, 0.717) is 6.61 Å². The monoisotopic (exact) mass is 305 g/mol. The summed E-state index contributed by atoms with van der Waals surface area (Å²) < 4.78 is 3.92. The maximum absolute atomic E-state index is 11.6. The molecule has 0 spiro atoms. The van der Waals surface area contributed by atoms with E-state index in [2.05, 4.69) is 20.8 Å². The minimum absolute atomic E-state index is 0.236. The zero-order valence-electron chi connectivity index (χ0n) is 10.5. The van der Waals surface area contributed by atoms with Crippen LogP contribution in [0.15, 0.2) is 0 Å². The number of Topliss-reactive ketones (excluding diaryl/α,β-unsaturated/α-hetero) is 1. The van der Waals surface area contributed by atoms with Crippen LogP contribution in [0.5, 0.6) is 0 Å². The predicted octanol–water partition coefficient (Wildman–Crippen LogP) is 1.76. The Morgan fingerprint density at radius 2 is 1.88 bits per heavy atom. The van der Waals surface area contributed by atoms with Gasteiger partial charge in [-0.05, 0) is 39.8 Å². The maximum atomic E-state index is 11.6. The van der Waals surface area contributed by atoms with Crippen LogP contribution in [0.4, 0.5) is 0 Å². The first kappa shape index (κ1) is 14.6. The van der Waals surface area contributed by atoms with Crippen LogP contribution in [0.25, 0.3) is 0 Å². The van der Waals surface area contributed by atoms with Crippen molar-refractivity contribution < 1.29 is 14.3 Å². The van der Waals surface area contributed by atoms with E-state index in [1.807, 2.05) is 0 Å². The average Bonchev–Trinajstić information content (AvgIpc) is 2.30. The number of esters is 1. The molecule has 5 heteroatoms. The molecular formula is C12H20BrNO3. The van der Waals surface area contributed by atoms with Gasteiger partial charge in [0.15, 0.2) is 10.1 Å². The van der Waals surface area contributed by atoms with Gasteiger partial charge in [0.1, 0.15) is 6.61 Å². The fraction of sp³-hybridized carbons (Fsp3) is 0.833. The number of ketones is 1. The summed E-state index contributed by atoms with van der Waals surface area (Å²) in [5, 5.41) is 0. The first-order valence-electron chi connectivity index (χ1n) is 6.04. The molecule has 0 saturated carbocycles. The highest BCUT2D eigenvalue weighted by Crippen LogP contribution is 2.20. The van der Waals surface area contributed by atoms with Crippen molar-refractivity contribution in [1.29, 1.82) is 0 Å². The van der Waals surface area contributed by atoms with Gasteiger partial charge in [0.05, 0.1) is 0 Å². The lowest BCUT2D eigenvalue weighted by atomic mass is 10.1. The molecular weight excluding hydrogens is 286 g/mol. The number of carbonyl (C=O) groups excluding carboxylic acids is 2. The molecule has 1 atom stereocenters. The molecule has 98 valence electrons. The lowest BCUT2D eigenvalue weighted by molar-refractivity contribution is -0.148. The fourth-order valence-electron chi connectivity index (χ4n) is 1.73. The number of hydrogen-bond donors (Lipinski definition) is 0. The first-order valence-corrected chi connectivity index (χ1v) is 6.83. The molecule has 0 bridgehead atoms. The third-order valence-corrected chi connectivity index (χ3v) is 4.02. The lowest BCUT2D eigenvalue weighted by Crippen LogP contribution is -2.39. The summed E-state index contributed by atoms with van der Waals surface area (Å²) >= 11 is 3.10. The summed E-state index contributed by atoms with van der Waals surface area (Å²) in [6.45, 7) is 6.17. The Labute approximate surface area is 111 Å². The van der Waals surface area contributed by atoms with Gasteiger partial charge < -0.3 is 4.74 Å². The van der Waals surface area contributed by atoms with Gasteiger partial charge in [-0.2, -0.15) is 0 Å². The summed E-state index contributed by atoms with van der Waals surface area (Å²) in [6.07, 6.45) is 3.73. The number of ether oxygens (including phenoxy) is 1. The highest BCUT2D eigenvalue weighted by atomic mass is 79.9. The van der Waals surface area contributed by atoms with E-state index in [1.54, 1.807) is 0 Å². The number of halogens is 1. The summed E-state index contributed by atoms with van der Waals surface area (Å²) in [5.41, 5.74) is 0. The topological polar surface area (TPSA) is 46.6 Å². The van der Waals surface area contributed by atoms with Crippen molar-refractivity contribution in [1.82, 2.24) is 4.90 Å². The van der Waals surface area contributed by atoms with Crippen LogP contribution in [0, 0.1) is 0 Å². The Kier molecular flexibility index (Phi) is 5.59. The number of alkyl halides is 1. The van der Waals surface area contributed by atoms with Crippen LogP contribution in [0.1, 0.15) is 33.1 Å². The van der Waals surface area contributed by atoms with Gasteiger partial charge in [-0.3, -0.25) is 14.5 Å². The van der Waals surface area contributed by atoms with Crippen LogP contribution in [0.2, 0.25) is 0 Å². The molecule has 0 aromatic heterocycles. The number of nitrogens with zero attached hydrogens (tertiary/aromatic N) is 1. The number of carbonyl (C=O) groups is 2. The number of hydrogen-bond acceptors (Lipinski definition) is 4. The summed E-state index contributed by atoms with van der Waals surface area (Å²) in [6, 6.07) is 0. The second-order valence-electron chi connectivity index (χ2n) is 4.60. The normalized spacial score (nSPS) is 20.6. The summed E-state index contributed by atoms with van der Waals surface area (Å²) in [5.74, 6) is -0.734. The van der Waals surface area contributed by atoms with E-state index in [-0.39, 0.29) is 5.78 Å². The van der Waals surface area contributed by atoms with Crippen molar-refractivity contribution >= 4 is 27.7 Å². The molecule has 0 amide bonds. The molecule has 1 unspecified atom stereocenters. The van der Waals surface area contributed by atoms with Gasteiger partial charge in [-0.25, -0.2) is 0 Å². The van der Waals surface area contributed by atoms with Gasteiger partial charge in [0.2, 0.25) is 0 Å². The van der Waals surface area contributed by atoms with E-state index in [0.717, 1.165) is 19.6 Å². The Balaban J connectivity index is 2.26. The van der Waals surface area contributed by atoms with E-state index >= 15 is 0 Å². The second kappa shape index (κ2) is 6.50. The Hall–Kier alpha value is -0.420. The van der Waals surface area contributed by atoms with Gasteiger partial charge in [-0.15, -0.1) is 0 Å². The summed E-state index contributed by atoms with van der Waals surface area (Å²) in [4.78, 5) is 25.1. The number of rotatable bonds is 5. The molecule has 0 aromatic carbocycles. The van der Waals surface area contributed by atoms with Crippen LogP contribution in [-0.2, 0) is 14.3 Å². The minimum atomic E-state index is -1.20. The van der Waals surface area contributed by atoms with Crippen LogP contribution < -0.4 is 0 Å². The van der Waals surface area contributed by atoms with Crippen molar-refractivity contribution in [3.8, 4) is 0 Å². The minimum Gasteiger partial charge on any atom is -0.463 e. The highest BCUT2D eigenvalue weighted by molar-refractivity contribution is 9.10. The number of likely N-dealkylation sites (tertiary alicyclic amines) is 1. The zero-order valence-corrected chi connectivity index (χ0v) is 12.1. The molecule has 1 saturated heterocycles. The van der Waals surface area contributed by atoms with E-state index in [1.165, 1.54) is 33.1 Å². The molecule has 0 N–H and O–H groups in total. The third kappa shape index (κ3) is 4.39. The lowest BCUT2D eigenvalue weighted by Gasteiger charge is -2.26. The predicted molar refractivity (Wildman–Crippen MR) is 69.3 cm³/mol. The Bertz CT molecular complexity index is 285. The standard InChI is InChI=1S/C12H20BrNO3/c1-10(15)12(2,13)11(16)17-9-8-14-6-4-3-5-7-14/h3-9H2,1-2H3. The van der Waals surface area contributed by atoms with Gasteiger partial charge in [-0.1, -0.05) is 22.4 Å². The molecule has 1 aliphatic heterocycles. The van der Waals surface area contributed by atoms with E-state index in [9.17, 15) is 9.59 Å². The molecule has 0 aromatic rings. The van der Waals surface area contributed by atoms with Crippen molar-refractivity contribution in [3.63, 3.8) is 0 Å². The molecule has 1 heterocycles. The largest absolute Gasteiger partial charge is 0.463 e. The molecule has 0 aliphatic carbocycles. The van der Waals surface area contributed by atoms with Crippen molar-refractivity contribution in [2.45, 2.75) is 37.4 Å². The molecule has 17 heavy (non-hydrogen) atoms. The quantitative estimate of drug-likeness (QED) is 0.441. The van der Waals surface area contributed by atoms with Gasteiger partial charge in [0.25, 0.3) is 0 Å². The van der Waals surface area contributed by atoms with Crippen LogP contribution in [0.3, 0.4) is 0 Å². The fourth-order valence-corrected chi connectivity index (χ4v) is 1.84. The molecule has 4 nitrogen and oxygen atoms in total. The maximum Gasteiger partial charge on any atom is 0.330 e.